The fourth-order valence-corrected chi connectivity index (χ4v) is 3.43. The minimum Gasteiger partial charge on any atom is -0.381 e. The van der Waals surface area contributed by atoms with E-state index in [4.69, 9.17) is 21.1 Å². The van der Waals surface area contributed by atoms with Crippen molar-refractivity contribution in [1.82, 2.24) is 9.97 Å². The molecular formula is C16H25ClN4O2. The predicted molar refractivity (Wildman–Crippen MR) is 91.4 cm³/mol. The van der Waals surface area contributed by atoms with Gasteiger partial charge in [-0.2, -0.15) is 4.98 Å². The van der Waals surface area contributed by atoms with E-state index in [1.807, 2.05) is 14.1 Å². The molecule has 2 unspecified atom stereocenters. The summed E-state index contributed by atoms with van der Waals surface area (Å²) in [5.74, 6) is 2.60. The molecule has 2 aliphatic heterocycles. The predicted octanol–water partition coefficient (Wildman–Crippen LogP) is 2.08. The Morgan fingerprint density at radius 1 is 1.09 bits per heavy atom. The quantitative estimate of drug-likeness (QED) is 0.790. The van der Waals surface area contributed by atoms with E-state index in [1.165, 1.54) is 0 Å². The number of rotatable bonds is 6. The van der Waals surface area contributed by atoms with Gasteiger partial charge >= 0.3 is 0 Å². The van der Waals surface area contributed by atoms with Gasteiger partial charge in [-0.25, -0.2) is 4.98 Å². The van der Waals surface area contributed by atoms with Crippen LogP contribution in [0, 0.1) is 11.8 Å². The van der Waals surface area contributed by atoms with E-state index in [-0.39, 0.29) is 0 Å². The molecule has 2 fully saturated rings. The summed E-state index contributed by atoms with van der Waals surface area (Å²) in [6.07, 6.45) is 3.90. The number of hydrogen-bond donors (Lipinski definition) is 0. The van der Waals surface area contributed by atoms with Crippen LogP contribution >= 0.6 is 11.6 Å². The van der Waals surface area contributed by atoms with Crippen LogP contribution in [-0.4, -0.2) is 63.6 Å². The van der Waals surface area contributed by atoms with Crippen LogP contribution < -0.4 is 9.80 Å². The molecule has 2 atom stereocenters. The van der Waals surface area contributed by atoms with E-state index in [9.17, 15) is 0 Å². The third-order valence-corrected chi connectivity index (χ3v) is 4.79. The fraction of sp³-hybridized carbons (Fsp3) is 0.750. The van der Waals surface area contributed by atoms with Crippen molar-refractivity contribution in [1.29, 1.82) is 0 Å². The molecule has 0 saturated carbocycles. The van der Waals surface area contributed by atoms with Gasteiger partial charge in [-0.3, -0.25) is 0 Å². The van der Waals surface area contributed by atoms with Gasteiger partial charge in [-0.05, 0) is 12.8 Å². The Kier molecular flexibility index (Phi) is 5.56. The van der Waals surface area contributed by atoms with Crippen LogP contribution in [-0.2, 0) is 9.47 Å². The first-order valence-electron chi connectivity index (χ1n) is 8.23. The van der Waals surface area contributed by atoms with E-state index < -0.39 is 0 Å². The van der Waals surface area contributed by atoms with Crippen molar-refractivity contribution >= 4 is 23.4 Å². The standard InChI is InChI=1S/C16H25ClN4O2/c1-20(8-12-3-5-22-10-12)15-14(17)7-18-16(19-15)21(2)9-13-4-6-23-11-13/h7,12-13H,3-6,8-11H2,1-2H3. The molecule has 0 aliphatic carbocycles. The maximum atomic E-state index is 6.32. The first-order valence-corrected chi connectivity index (χ1v) is 8.61. The summed E-state index contributed by atoms with van der Waals surface area (Å²) in [6.45, 7) is 5.16. The van der Waals surface area contributed by atoms with Crippen molar-refractivity contribution in [2.24, 2.45) is 11.8 Å². The topological polar surface area (TPSA) is 50.7 Å². The average molecular weight is 341 g/mol. The highest BCUT2D eigenvalue weighted by Crippen LogP contribution is 2.26. The van der Waals surface area contributed by atoms with Crippen LogP contribution in [0.25, 0.3) is 0 Å². The molecule has 1 aromatic heterocycles. The second-order valence-electron chi connectivity index (χ2n) is 6.56. The molecule has 0 aromatic carbocycles. The first-order chi connectivity index (χ1) is 11.1. The zero-order valence-electron chi connectivity index (χ0n) is 13.9. The van der Waals surface area contributed by atoms with Crippen molar-refractivity contribution < 1.29 is 9.47 Å². The fourth-order valence-electron chi connectivity index (χ4n) is 3.20. The second kappa shape index (κ2) is 7.64. The van der Waals surface area contributed by atoms with Crippen molar-refractivity contribution in [3.05, 3.63) is 11.2 Å². The minimum absolute atomic E-state index is 0.544. The van der Waals surface area contributed by atoms with Gasteiger partial charge in [0, 0.05) is 52.2 Å². The summed E-state index contributed by atoms with van der Waals surface area (Å²) in [7, 11) is 4.05. The molecular weight excluding hydrogens is 316 g/mol. The third kappa shape index (κ3) is 4.25. The van der Waals surface area contributed by atoms with Crippen LogP contribution in [0.3, 0.4) is 0 Å². The molecule has 2 saturated heterocycles. The smallest absolute Gasteiger partial charge is 0.227 e. The van der Waals surface area contributed by atoms with Gasteiger partial charge in [-0.15, -0.1) is 0 Å². The van der Waals surface area contributed by atoms with E-state index in [0.717, 1.165) is 58.2 Å². The molecule has 1 aromatic rings. The van der Waals surface area contributed by atoms with E-state index in [0.29, 0.717) is 22.8 Å². The number of aromatic nitrogens is 2. The molecule has 0 radical (unpaired) electrons. The van der Waals surface area contributed by atoms with Crippen LogP contribution in [0.15, 0.2) is 6.20 Å². The average Bonchev–Trinajstić information content (AvgIpc) is 3.21. The maximum absolute atomic E-state index is 6.32. The number of nitrogens with zero attached hydrogens (tertiary/aromatic N) is 4. The number of ether oxygens (including phenoxy) is 2. The Morgan fingerprint density at radius 3 is 2.26 bits per heavy atom. The number of halogens is 1. The Bertz CT molecular complexity index is 519. The molecule has 3 heterocycles. The lowest BCUT2D eigenvalue weighted by molar-refractivity contribution is 0.186. The van der Waals surface area contributed by atoms with Gasteiger partial charge in [0.05, 0.1) is 19.4 Å². The molecule has 7 heteroatoms. The number of hydrogen-bond acceptors (Lipinski definition) is 6. The van der Waals surface area contributed by atoms with Gasteiger partial charge in [0.15, 0.2) is 5.82 Å². The van der Waals surface area contributed by atoms with Gasteiger partial charge in [0.25, 0.3) is 0 Å². The summed E-state index contributed by atoms with van der Waals surface area (Å²) < 4.78 is 10.9. The highest BCUT2D eigenvalue weighted by Gasteiger charge is 2.22. The second-order valence-corrected chi connectivity index (χ2v) is 6.97. The maximum Gasteiger partial charge on any atom is 0.227 e. The van der Waals surface area contributed by atoms with Gasteiger partial charge in [0.2, 0.25) is 5.95 Å². The van der Waals surface area contributed by atoms with Crippen molar-refractivity contribution in [3.8, 4) is 0 Å². The zero-order chi connectivity index (χ0) is 16.2. The summed E-state index contributed by atoms with van der Waals surface area (Å²) in [6, 6.07) is 0. The minimum atomic E-state index is 0.544. The molecule has 0 amide bonds. The van der Waals surface area contributed by atoms with E-state index in [2.05, 4.69) is 19.8 Å². The molecule has 3 rings (SSSR count). The largest absolute Gasteiger partial charge is 0.381 e. The van der Waals surface area contributed by atoms with Crippen molar-refractivity contribution in [3.63, 3.8) is 0 Å². The molecule has 0 N–H and O–H groups in total. The summed E-state index contributed by atoms with van der Waals surface area (Å²) in [5.41, 5.74) is 0. The molecule has 0 bridgehead atoms. The first kappa shape index (κ1) is 16.7. The third-order valence-electron chi connectivity index (χ3n) is 4.53. The Balaban J connectivity index is 1.67. The molecule has 0 spiro atoms. The molecule has 128 valence electrons. The lowest BCUT2D eigenvalue weighted by Crippen LogP contribution is -2.30. The Hall–Kier alpha value is -1.11. The van der Waals surface area contributed by atoms with Crippen LogP contribution in [0.1, 0.15) is 12.8 Å². The van der Waals surface area contributed by atoms with Gasteiger partial charge < -0.3 is 19.3 Å². The SMILES string of the molecule is CN(CC1CCOC1)c1ncc(Cl)c(N(C)CC2CCOC2)n1. The monoisotopic (exact) mass is 340 g/mol. The van der Waals surface area contributed by atoms with E-state index >= 15 is 0 Å². The summed E-state index contributed by atoms with van der Waals surface area (Å²) in [4.78, 5) is 13.3. The molecule has 2 aliphatic rings. The van der Waals surface area contributed by atoms with E-state index in [1.54, 1.807) is 6.20 Å². The van der Waals surface area contributed by atoms with Crippen molar-refractivity contribution in [2.45, 2.75) is 12.8 Å². The normalized spacial score (nSPS) is 24.1. The van der Waals surface area contributed by atoms with Crippen molar-refractivity contribution in [2.75, 3.05) is 63.4 Å². The highest BCUT2D eigenvalue weighted by atomic mass is 35.5. The van der Waals surface area contributed by atoms with Crippen LogP contribution in [0.4, 0.5) is 11.8 Å². The Labute approximate surface area is 142 Å². The van der Waals surface area contributed by atoms with Gasteiger partial charge in [-0.1, -0.05) is 11.6 Å². The Morgan fingerprint density at radius 2 is 1.70 bits per heavy atom. The highest BCUT2D eigenvalue weighted by molar-refractivity contribution is 6.32. The zero-order valence-corrected chi connectivity index (χ0v) is 14.6. The van der Waals surface area contributed by atoms with Gasteiger partial charge in [0.1, 0.15) is 5.02 Å². The lowest BCUT2D eigenvalue weighted by atomic mass is 10.1. The number of anilines is 2. The molecule has 6 nitrogen and oxygen atoms in total. The van der Waals surface area contributed by atoms with Crippen LogP contribution in [0.2, 0.25) is 5.02 Å². The summed E-state index contributed by atoms with van der Waals surface area (Å²) >= 11 is 6.32. The summed E-state index contributed by atoms with van der Waals surface area (Å²) in [5, 5.41) is 0.591. The lowest BCUT2D eigenvalue weighted by Gasteiger charge is -2.25. The van der Waals surface area contributed by atoms with Crippen LogP contribution in [0.5, 0.6) is 0 Å². The molecule has 23 heavy (non-hydrogen) atoms.